The molecule has 2 aromatic carbocycles. The SMILES string of the molecule is COC(=O)N[C@H](C(=O)N[C@@H](Cc1ccccc1)[C@@H](O)CNN(Cc1ccc(-c2ccccn2)cc1)C(=O)[C@@H](NC(=O)OC)C(C)(C)C)C(C)(C)C. The lowest BCUT2D eigenvalue weighted by Crippen LogP contribution is -2.61. The molecule has 4 amide bonds. The smallest absolute Gasteiger partial charge is 0.407 e. The molecule has 0 aliphatic rings. The van der Waals surface area contributed by atoms with Crippen LogP contribution in [0.1, 0.15) is 52.7 Å². The summed E-state index contributed by atoms with van der Waals surface area (Å²) < 4.78 is 9.56. The molecule has 13 heteroatoms. The number of hydrogen-bond donors (Lipinski definition) is 5. The van der Waals surface area contributed by atoms with Gasteiger partial charge in [-0.3, -0.25) is 19.6 Å². The second-order valence-electron chi connectivity index (χ2n) is 14.4. The lowest BCUT2D eigenvalue weighted by atomic mass is 9.85. The fourth-order valence-corrected chi connectivity index (χ4v) is 5.31. The van der Waals surface area contributed by atoms with Gasteiger partial charge in [0.15, 0.2) is 0 Å². The summed E-state index contributed by atoms with van der Waals surface area (Å²) in [5, 5.41) is 21.2. The molecule has 0 saturated carbocycles. The second kappa shape index (κ2) is 18.3. The van der Waals surface area contributed by atoms with Crippen LogP contribution < -0.4 is 21.4 Å². The van der Waals surface area contributed by atoms with Gasteiger partial charge in [0.25, 0.3) is 5.91 Å². The maximum atomic E-state index is 14.2. The van der Waals surface area contributed by atoms with Gasteiger partial charge in [0.2, 0.25) is 5.91 Å². The molecule has 0 bridgehead atoms. The van der Waals surface area contributed by atoms with Gasteiger partial charge in [-0.25, -0.2) is 15.0 Å². The maximum absolute atomic E-state index is 14.2. The molecule has 0 radical (unpaired) electrons. The number of benzene rings is 2. The third-order valence-corrected chi connectivity index (χ3v) is 8.24. The first-order valence-electron chi connectivity index (χ1n) is 16.8. The van der Waals surface area contributed by atoms with Crippen molar-refractivity contribution in [3.63, 3.8) is 0 Å². The van der Waals surface area contributed by atoms with E-state index in [1.807, 2.05) is 93.6 Å². The first kappa shape index (κ1) is 40.4. The first-order valence-corrected chi connectivity index (χ1v) is 16.8. The quantitative estimate of drug-likeness (QED) is 0.154. The minimum Gasteiger partial charge on any atom is -0.453 e. The minimum absolute atomic E-state index is 0.0777. The van der Waals surface area contributed by atoms with Crippen molar-refractivity contribution in [2.24, 2.45) is 10.8 Å². The molecule has 0 fully saturated rings. The molecule has 276 valence electrons. The lowest BCUT2D eigenvalue weighted by Gasteiger charge is -2.36. The predicted molar refractivity (Wildman–Crippen MR) is 194 cm³/mol. The Bertz CT molecular complexity index is 1570. The number of carbonyl (C=O) groups is 4. The fraction of sp³-hybridized carbons (Fsp3) is 0.447. The minimum atomic E-state index is -1.21. The first-order chi connectivity index (χ1) is 24.0. The van der Waals surface area contributed by atoms with Gasteiger partial charge in [0, 0.05) is 18.3 Å². The van der Waals surface area contributed by atoms with E-state index in [1.165, 1.54) is 19.2 Å². The zero-order valence-corrected chi connectivity index (χ0v) is 30.7. The number of pyridine rings is 1. The molecule has 5 N–H and O–H groups in total. The van der Waals surface area contributed by atoms with Gasteiger partial charge in [-0.1, -0.05) is 102 Å². The summed E-state index contributed by atoms with van der Waals surface area (Å²) in [4.78, 5) is 56.7. The third-order valence-electron chi connectivity index (χ3n) is 8.24. The molecule has 0 aliphatic carbocycles. The molecular weight excluding hydrogens is 652 g/mol. The zero-order valence-electron chi connectivity index (χ0n) is 30.7. The van der Waals surface area contributed by atoms with E-state index in [1.54, 1.807) is 27.0 Å². The van der Waals surface area contributed by atoms with Crippen molar-refractivity contribution in [1.29, 1.82) is 0 Å². The molecule has 1 aromatic heterocycles. The Morgan fingerprint density at radius 2 is 1.31 bits per heavy atom. The van der Waals surface area contributed by atoms with Crippen LogP contribution in [0, 0.1) is 10.8 Å². The molecule has 1 heterocycles. The standard InChI is InChI=1S/C38H52N6O7/c1-37(2,3)31(42-35(48)50-7)33(46)41-29(22-25-14-10-9-11-15-25)30(45)23-40-44(34(47)32(38(4,5)6)43-36(49)51-8)24-26-17-19-27(20-18-26)28-16-12-13-21-39-28/h9-21,29-32,40,45H,22-24H2,1-8H3,(H,41,46)(H,42,48)(H,43,49)/t29-,30-,31+,32+/m0/s1. The predicted octanol–water partition coefficient (Wildman–Crippen LogP) is 4.21. The average Bonchev–Trinajstić information content (AvgIpc) is 3.10. The highest BCUT2D eigenvalue weighted by molar-refractivity contribution is 5.87. The molecule has 3 rings (SSSR count). The van der Waals surface area contributed by atoms with Crippen molar-refractivity contribution in [3.05, 3.63) is 90.1 Å². The van der Waals surface area contributed by atoms with Gasteiger partial charge < -0.3 is 30.5 Å². The van der Waals surface area contributed by atoms with E-state index < -0.39 is 59.1 Å². The van der Waals surface area contributed by atoms with Crippen molar-refractivity contribution < 1.29 is 33.8 Å². The number of nitrogens with zero attached hydrogens (tertiary/aromatic N) is 2. The summed E-state index contributed by atoms with van der Waals surface area (Å²) in [6, 6.07) is 19.7. The summed E-state index contributed by atoms with van der Waals surface area (Å²) in [7, 11) is 2.44. The van der Waals surface area contributed by atoms with Crippen LogP contribution in [0.2, 0.25) is 0 Å². The van der Waals surface area contributed by atoms with Crippen LogP contribution in [0.4, 0.5) is 9.59 Å². The number of nitrogens with one attached hydrogen (secondary N) is 4. The van der Waals surface area contributed by atoms with Crippen molar-refractivity contribution in [2.45, 2.75) is 78.7 Å². The van der Waals surface area contributed by atoms with Gasteiger partial charge in [-0.05, 0) is 40.5 Å². The molecule has 13 nitrogen and oxygen atoms in total. The van der Waals surface area contributed by atoms with E-state index in [-0.39, 0.29) is 19.5 Å². The molecule has 0 saturated heterocycles. The number of hydrogen-bond acceptors (Lipinski definition) is 9. The van der Waals surface area contributed by atoms with Gasteiger partial charge in [-0.2, -0.15) is 0 Å². The van der Waals surface area contributed by atoms with Gasteiger partial charge in [0.1, 0.15) is 12.1 Å². The summed E-state index contributed by atoms with van der Waals surface area (Å²) in [5.41, 5.74) is 5.00. The van der Waals surface area contributed by atoms with Crippen LogP contribution >= 0.6 is 0 Å². The van der Waals surface area contributed by atoms with Crippen LogP contribution in [0.3, 0.4) is 0 Å². The monoisotopic (exact) mass is 704 g/mol. The summed E-state index contributed by atoms with van der Waals surface area (Å²) in [6.07, 6.45) is -0.768. The largest absolute Gasteiger partial charge is 0.453 e. The lowest BCUT2D eigenvalue weighted by molar-refractivity contribution is -0.141. The Hall–Kier alpha value is -5.01. The summed E-state index contributed by atoms with van der Waals surface area (Å²) in [5.74, 6) is -0.975. The molecule has 4 atom stereocenters. The number of ether oxygens (including phenoxy) is 2. The Kier molecular flexibility index (Phi) is 14.5. The number of aromatic nitrogens is 1. The highest BCUT2D eigenvalue weighted by Crippen LogP contribution is 2.24. The number of alkyl carbamates (subject to hydrolysis) is 2. The number of aliphatic hydroxyl groups excluding tert-OH is 1. The highest BCUT2D eigenvalue weighted by atomic mass is 16.5. The Morgan fingerprint density at radius 3 is 1.84 bits per heavy atom. The van der Waals surface area contributed by atoms with E-state index in [2.05, 4.69) is 26.4 Å². The third kappa shape index (κ3) is 12.4. The zero-order chi connectivity index (χ0) is 37.8. The van der Waals surface area contributed by atoms with E-state index in [4.69, 9.17) is 9.47 Å². The summed E-state index contributed by atoms with van der Waals surface area (Å²) in [6.45, 7) is 10.8. The van der Waals surface area contributed by atoms with E-state index in [0.717, 1.165) is 22.4 Å². The van der Waals surface area contributed by atoms with Crippen molar-refractivity contribution in [3.8, 4) is 11.3 Å². The average molecular weight is 705 g/mol. The second-order valence-corrected chi connectivity index (χ2v) is 14.4. The number of amides is 4. The van der Waals surface area contributed by atoms with E-state index in [9.17, 15) is 24.3 Å². The normalized spacial score (nSPS) is 13.9. The molecule has 51 heavy (non-hydrogen) atoms. The maximum Gasteiger partial charge on any atom is 0.407 e. The number of carbonyl (C=O) groups excluding carboxylic acids is 4. The van der Waals surface area contributed by atoms with Gasteiger partial charge in [0.05, 0.1) is 38.6 Å². The van der Waals surface area contributed by atoms with E-state index in [0.29, 0.717) is 0 Å². The van der Waals surface area contributed by atoms with Crippen LogP contribution in [-0.4, -0.2) is 84.1 Å². The number of methoxy groups -OCH3 is 2. The molecule has 0 aliphatic heterocycles. The summed E-state index contributed by atoms with van der Waals surface area (Å²) >= 11 is 0. The van der Waals surface area contributed by atoms with Crippen molar-refractivity contribution in [2.75, 3.05) is 20.8 Å². The number of hydrazine groups is 1. The van der Waals surface area contributed by atoms with Gasteiger partial charge in [-0.15, -0.1) is 0 Å². The highest BCUT2D eigenvalue weighted by Gasteiger charge is 2.38. The van der Waals surface area contributed by atoms with E-state index >= 15 is 0 Å². The molecule has 0 unspecified atom stereocenters. The Balaban J connectivity index is 1.92. The fourth-order valence-electron chi connectivity index (χ4n) is 5.31. The Morgan fingerprint density at radius 1 is 0.745 bits per heavy atom. The molecule has 3 aromatic rings. The number of aliphatic hydroxyl groups is 1. The topological polar surface area (TPSA) is 171 Å². The van der Waals surface area contributed by atoms with Crippen LogP contribution in [0.25, 0.3) is 11.3 Å². The molecular formula is C38H52N6O7. The van der Waals surface area contributed by atoms with Crippen LogP contribution in [0.15, 0.2) is 79.0 Å². The van der Waals surface area contributed by atoms with Gasteiger partial charge >= 0.3 is 12.2 Å². The Labute approximate surface area is 300 Å². The van der Waals surface area contributed by atoms with Crippen molar-refractivity contribution >= 4 is 24.0 Å². The van der Waals surface area contributed by atoms with Crippen molar-refractivity contribution in [1.82, 2.24) is 31.4 Å². The molecule has 0 spiro atoms. The van der Waals surface area contributed by atoms with Crippen LogP contribution in [-0.2, 0) is 32.0 Å². The number of rotatable bonds is 14. The van der Waals surface area contributed by atoms with Crippen LogP contribution in [0.5, 0.6) is 0 Å².